The number of nitrogens with zero attached hydrogens (tertiary/aromatic N) is 3. The molecule has 124 valence electrons. The molecule has 1 aromatic rings. The van der Waals surface area contributed by atoms with E-state index in [4.69, 9.17) is 0 Å². The monoisotopic (exact) mass is 308 g/mol. The fourth-order valence-electron chi connectivity index (χ4n) is 1.77. The fraction of sp³-hybridized carbons (Fsp3) is 0.667. The first-order valence-electron chi connectivity index (χ1n) is 7.90. The average Bonchev–Trinajstić information content (AvgIpc) is 3.00. The van der Waals surface area contributed by atoms with Gasteiger partial charge in [0, 0.05) is 51.0 Å². The van der Waals surface area contributed by atoms with Crippen LogP contribution in [0.3, 0.4) is 0 Å². The molecule has 22 heavy (non-hydrogen) atoms. The van der Waals surface area contributed by atoms with Crippen LogP contribution < -0.4 is 16.0 Å². The number of aryl methyl sites for hydroxylation is 1. The molecular formula is C15H28N6O. The van der Waals surface area contributed by atoms with E-state index in [1.807, 2.05) is 37.7 Å². The highest BCUT2D eigenvalue weighted by atomic mass is 16.1. The zero-order valence-corrected chi connectivity index (χ0v) is 13.8. The number of amides is 1. The number of carbonyl (C=O) groups is 1. The van der Waals surface area contributed by atoms with Crippen LogP contribution >= 0.6 is 0 Å². The Balaban J connectivity index is 2.22. The van der Waals surface area contributed by atoms with Crippen molar-refractivity contribution in [3.8, 4) is 0 Å². The van der Waals surface area contributed by atoms with E-state index in [1.54, 1.807) is 6.20 Å². The number of hydrogen-bond donors (Lipinski definition) is 3. The quantitative estimate of drug-likeness (QED) is 0.354. The maximum Gasteiger partial charge on any atom is 0.222 e. The van der Waals surface area contributed by atoms with Crippen molar-refractivity contribution in [1.29, 1.82) is 0 Å². The van der Waals surface area contributed by atoms with Crippen molar-refractivity contribution in [2.75, 3.05) is 26.2 Å². The Bertz CT molecular complexity index is 441. The average molecular weight is 308 g/mol. The van der Waals surface area contributed by atoms with Crippen LogP contribution in [0.2, 0.25) is 0 Å². The normalized spacial score (nSPS) is 11.5. The van der Waals surface area contributed by atoms with Crippen molar-refractivity contribution in [3.05, 3.63) is 18.5 Å². The third-order valence-electron chi connectivity index (χ3n) is 2.96. The van der Waals surface area contributed by atoms with Gasteiger partial charge in [-0.3, -0.25) is 14.5 Å². The van der Waals surface area contributed by atoms with Crippen LogP contribution in [0.25, 0.3) is 0 Å². The van der Waals surface area contributed by atoms with Crippen molar-refractivity contribution in [1.82, 2.24) is 25.7 Å². The van der Waals surface area contributed by atoms with Crippen molar-refractivity contribution < 1.29 is 4.79 Å². The standard InChI is InChI=1S/C15H28N6O/c1-4-16-15(19-10-9-17-14(22)13(2)3)18-7-5-11-21-12-6-8-20-21/h6,8,12-13H,4-5,7,9-11H2,1-3H3,(H,17,22)(H2,16,18,19). The van der Waals surface area contributed by atoms with Gasteiger partial charge >= 0.3 is 0 Å². The molecule has 1 rings (SSSR count). The van der Waals surface area contributed by atoms with Crippen LogP contribution in [-0.2, 0) is 11.3 Å². The Hall–Kier alpha value is -2.05. The minimum atomic E-state index is 0.0178. The maximum absolute atomic E-state index is 11.4. The van der Waals surface area contributed by atoms with Gasteiger partial charge in [0.1, 0.15) is 0 Å². The van der Waals surface area contributed by atoms with E-state index < -0.39 is 0 Å². The van der Waals surface area contributed by atoms with Gasteiger partial charge in [0.15, 0.2) is 5.96 Å². The molecule has 0 aliphatic heterocycles. The summed E-state index contributed by atoms with van der Waals surface area (Å²) in [7, 11) is 0. The molecule has 3 N–H and O–H groups in total. The lowest BCUT2D eigenvalue weighted by Crippen LogP contribution is -2.42. The molecule has 7 nitrogen and oxygen atoms in total. The Morgan fingerprint density at radius 2 is 2.05 bits per heavy atom. The molecular weight excluding hydrogens is 280 g/mol. The lowest BCUT2D eigenvalue weighted by molar-refractivity contribution is -0.123. The van der Waals surface area contributed by atoms with Gasteiger partial charge in [0.2, 0.25) is 5.91 Å². The Morgan fingerprint density at radius 3 is 2.68 bits per heavy atom. The predicted molar refractivity (Wildman–Crippen MR) is 88.7 cm³/mol. The number of carbonyl (C=O) groups excluding carboxylic acids is 1. The topological polar surface area (TPSA) is 83.3 Å². The van der Waals surface area contributed by atoms with Crippen LogP contribution in [0.1, 0.15) is 27.2 Å². The minimum absolute atomic E-state index is 0.0178. The van der Waals surface area contributed by atoms with Crippen LogP contribution in [0, 0.1) is 5.92 Å². The molecule has 0 atom stereocenters. The summed E-state index contributed by atoms with van der Waals surface area (Å²) in [5.74, 6) is 0.869. The second-order valence-corrected chi connectivity index (χ2v) is 5.26. The first-order chi connectivity index (χ1) is 10.6. The van der Waals surface area contributed by atoms with E-state index in [9.17, 15) is 4.79 Å². The predicted octanol–water partition coefficient (Wildman–Crippen LogP) is 0.601. The molecule has 0 aliphatic rings. The molecule has 1 heterocycles. The van der Waals surface area contributed by atoms with Crippen molar-refractivity contribution in [2.24, 2.45) is 10.9 Å². The number of nitrogens with one attached hydrogen (secondary N) is 3. The summed E-state index contributed by atoms with van der Waals surface area (Å²) in [4.78, 5) is 15.9. The van der Waals surface area contributed by atoms with Crippen LogP contribution in [0.4, 0.5) is 0 Å². The summed E-state index contributed by atoms with van der Waals surface area (Å²) < 4.78 is 1.90. The van der Waals surface area contributed by atoms with Crippen molar-refractivity contribution in [2.45, 2.75) is 33.7 Å². The van der Waals surface area contributed by atoms with Gasteiger partial charge in [0.05, 0.1) is 0 Å². The van der Waals surface area contributed by atoms with Crippen LogP contribution in [-0.4, -0.2) is 47.8 Å². The first kappa shape index (κ1) is 18.0. The van der Waals surface area contributed by atoms with Crippen molar-refractivity contribution >= 4 is 11.9 Å². The molecule has 0 saturated carbocycles. The highest BCUT2D eigenvalue weighted by Crippen LogP contribution is 1.90. The smallest absolute Gasteiger partial charge is 0.222 e. The molecule has 0 bridgehead atoms. The molecule has 0 saturated heterocycles. The summed E-state index contributed by atoms with van der Waals surface area (Å²) in [6, 6.07) is 1.92. The van der Waals surface area contributed by atoms with Gasteiger partial charge in [-0.2, -0.15) is 5.10 Å². The fourth-order valence-corrected chi connectivity index (χ4v) is 1.77. The molecule has 1 aromatic heterocycles. The lowest BCUT2D eigenvalue weighted by Gasteiger charge is -2.12. The third kappa shape index (κ3) is 7.66. The maximum atomic E-state index is 11.4. The van der Waals surface area contributed by atoms with E-state index in [1.165, 1.54) is 0 Å². The van der Waals surface area contributed by atoms with Gasteiger partial charge in [-0.15, -0.1) is 0 Å². The van der Waals surface area contributed by atoms with E-state index in [2.05, 4.69) is 26.0 Å². The van der Waals surface area contributed by atoms with E-state index in [0.717, 1.165) is 32.0 Å². The number of hydrogen-bond acceptors (Lipinski definition) is 3. The number of guanidine groups is 1. The van der Waals surface area contributed by atoms with Crippen molar-refractivity contribution in [3.63, 3.8) is 0 Å². The summed E-state index contributed by atoms with van der Waals surface area (Å²) >= 11 is 0. The lowest BCUT2D eigenvalue weighted by atomic mass is 10.2. The summed E-state index contributed by atoms with van der Waals surface area (Å²) in [5, 5.41) is 13.4. The molecule has 0 unspecified atom stereocenters. The van der Waals surface area contributed by atoms with E-state index in [0.29, 0.717) is 13.1 Å². The van der Waals surface area contributed by atoms with E-state index >= 15 is 0 Å². The summed E-state index contributed by atoms with van der Waals surface area (Å²) in [6.07, 6.45) is 4.66. The molecule has 7 heteroatoms. The van der Waals surface area contributed by atoms with Gasteiger partial charge < -0.3 is 16.0 Å². The van der Waals surface area contributed by atoms with Gasteiger partial charge in [-0.25, -0.2) is 0 Å². The third-order valence-corrected chi connectivity index (χ3v) is 2.96. The van der Waals surface area contributed by atoms with E-state index in [-0.39, 0.29) is 11.8 Å². The zero-order valence-electron chi connectivity index (χ0n) is 13.8. The largest absolute Gasteiger partial charge is 0.357 e. The SMILES string of the molecule is CCNC(=NCCCn1cccn1)NCCNC(=O)C(C)C. The Morgan fingerprint density at radius 1 is 1.27 bits per heavy atom. The van der Waals surface area contributed by atoms with Gasteiger partial charge in [-0.1, -0.05) is 13.8 Å². The second kappa shape index (κ2) is 10.6. The van der Waals surface area contributed by atoms with Crippen LogP contribution in [0.15, 0.2) is 23.5 Å². The Labute approximate surface area is 132 Å². The molecule has 0 aromatic carbocycles. The highest BCUT2D eigenvalue weighted by Gasteiger charge is 2.05. The number of aromatic nitrogens is 2. The molecule has 0 radical (unpaired) electrons. The second-order valence-electron chi connectivity index (χ2n) is 5.26. The van der Waals surface area contributed by atoms with Gasteiger partial charge in [0.25, 0.3) is 0 Å². The molecule has 1 amide bonds. The zero-order chi connectivity index (χ0) is 16.2. The minimum Gasteiger partial charge on any atom is -0.357 e. The van der Waals surface area contributed by atoms with Crippen LogP contribution in [0.5, 0.6) is 0 Å². The molecule has 0 spiro atoms. The van der Waals surface area contributed by atoms with Gasteiger partial charge in [-0.05, 0) is 19.4 Å². The Kier molecular flexibility index (Phi) is 8.71. The summed E-state index contributed by atoms with van der Waals surface area (Å²) in [6.45, 7) is 9.44. The highest BCUT2D eigenvalue weighted by molar-refractivity contribution is 5.80. The number of rotatable bonds is 9. The molecule has 0 fully saturated rings. The number of aliphatic imine (C=N–C) groups is 1. The summed E-state index contributed by atoms with van der Waals surface area (Å²) in [5.41, 5.74) is 0. The first-order valence-corrected chi connectivity index (χ1v) is 7.90. The molecule has 0 aliphatic carbocycles.